The van der Waals surface area contributed by atoms with E-state index in [-0.39, 0.29) is 0 Å². The van der Waals surface area contributed by atoms with Gasteiger partial charge in [0.25, 0.3) is 0 Å². The van der Waals surface area contributed by atoms with Crippen LogP contribution in [0.1, 0.15) is 6.92 Å². The Morgan fingerprint density at radius 1 is 1.14 bits per heavy atom. The highest BCUT2D eigenvalue weighted by atomic mass is 16.5. The van der Waals surface area contributed by atoms with Crippen LogP contribution >= 0.6 is 0 Å². The zero-order valence-corrected chi connectivity index (χ0v) is 8.91. The third-order valence-electron chi connectivity index (χ3n) is 2.96. The lowest BCUT2D eigenvalue weighted by Crippen LogP contribution is -2.61. The van der Waals surface area contributed by atoms with Crippen LogP contribution in [-0.4, -0.2) is 73.0 Å². The molecule has 4 nitrogen and oxygen atoms in total. The quantitative estimate of drug-likeness (QED) is 0.659. The van der Waals surface area contributed by atoms with Crippen molar-refractivity contribution in [2.75, 3.05) is 52.5 Å². The number of hydrogen-bond donors (Lipinski definition) is 1. The first-order chi connectivity index (χ1) is 6.66. The average Bonchev–Trinajstić information content (AvgIpc) is 2.13. The van der Waals surface area contributed by atoms with Gasteiger partial charge in [-0.25, -0.2) is 0 Å². The molecule has 2 saturated heterocycles. The Morgan fingerprint density at radius 3 is 2.29 bits per heavy atom. The van der Waals surface area contributed by atoms with Crippen molar-refractivity contribution >= 4 is 0 Å². The Kier molecular flexibility index (Phi) is 3.07. The first-order valence-corrected chi connectivity index (χ1v) is 5.41. The summed E-state index contributed by atoms with van der Waals surface area (Å²) in [5, 5.41) is 9.55. The molecule has 0 aromatic carbocycles. The van der Waals surface area contributed by atoms with Gasteiger partial charge in [0, 0.05) is 39.3 Å². The second-order valence-corrected chi connectivity index (χ2v) is 4.66. The fourth-order valence-corrected chi connectivity index (χ4v) is 2.18. The summed E-state index contributed by atoms with van der Waals surface area (Å²) in [5.41, 5.74) is -0.426. The minimum absolute atomic E-state index is 0.426. The number of nitrogens with zero attached hydrogens (tertiary/aromatic N) is 2. The molecule has 0 aliphatic carbocycles. The van der Waals surface area contributed by atoms with E-state index in [0.717, 1.165) is 52.5 Å². The Balaban J connectivity index is 1.59. The molecule has 82 valence electrons. The SMILES string of the molecule is CC1(O)CN(CCN2CCOCC2)C1. The van der Waals surface area contributed by atoms with E-state index in [1.165, 1.54) is 0 Å². The lowest BCUT2D eigenvalue weighted by atomic mass is 9.97. The molecule has 2 aliphatic rings. The van der Waals surface area contributed by atoms with Gasteiger partial charge in [-0.2, -0.15) is 0 Å². The van der Waals surface area contributed by atoms with E-state index in [9.17, 15) is 5.11 Å². The van der Waals surface area contributed by atoms with E-state index in [4.69, 9.17) is 4.74 Å². The fraction of sp³-hybridized carbons (Fsp3) is 1.00. The third-order valence-corrected chi connectivity index (χ3v) is 2.96. The summed E-state index contributed by atoms with van der Waals surface area (Å²) >= 11 is 0. The van der Waals surface area contributed by atoms with Crippen molar-refractivity contribution in [1.82, 2.24) is 9.80 Å². The molecule has 2 heterocycles. The van der Waals surface area contributed by atoms with Crippen LogP contribution < -0.4 is 0 Å². The standard InChI is InChI=1S/C10H20N2O2/c1-10(13)8-12(9-10)3-2-11-4-6-14-7-5-11/h13H,2-9H2,1H3. The molecule has 4 heteroatoms. The van der Waals surface area contributed by atoms with Crippen LogP contribution in [0.3, 0.4) is 0 Å². The molecule has 0 amide bonds. The van der Waals surface area contributed by atoms with Crippen LogP contribution in [-0.2, 0) is 4.74 Å². The summed E-state index contributed by atoms with van der Waals surface area (Å²) < 4.78 is 5.28. The largest absolute Gasteiger partial charge is 0.388 e. The number of β-amino-alcohol motifs (C(OH)–C–C–N with tert-alkyl or cyclic N) is 1. The summed E-state index contributed by atoms with van der Waals surface area (Å²) in [6.07, 6.45) is 0. The highest BCUT2D eigenvalue weighted by Crippen LogP contribution is 2.18. The normalized spacial score (nSPS) is 28.7. The molecular weight excluding hydrogens is 180 g/mol. The van der Waals surface area contributed by atoms with Crippen molar-refractivity contribution in [3.05, 3.63) is 0 Å². The molecule has 2 fully saturated rings. The maximum Gasteiger partial charge on any atom is 0.0872 e. The predicted octanol–water partition coefficient (Wildman–Crippen LogP) is -0.615. The van der Waals surface area contributed by atoms with Crippen LogP contribution in [0.4, 0.5) is 0 Å². The maximum absolute atomic E-state index is 9.55. The maximum atomic E-state index is 9.55. The molecule has 0 spiro atoms. The summed E-state index contributed by atoms with van der Waals surface area (Å²) in [6.45, 7) is 9.62. The smallest absolute Gasteiger partial charge is 0.0872 e. The number of aliphatic hydroxyl groups is 1. The van der Waals surface area contributed by atoms with Crippen molar-refractivity contribution in [1.29, 1.82) is 0 Å². The Morgan fingerprint density at radius 2 is 1.71 bits per heavy atom. The zero-order valence-electron chi connectivity index (χ0n) is 8.91. The molecule has 0 atom stereocenters. The van der Waals surface area contributed by atoms with E-state index < -0.39 is 5.60 Å². The monoisotopic (exact) mass is 200 g/mol. The molecular formula is C10H20N2O2. The van der Waals surface area contributed by atoms with Crippen LogP contribution in [0, 0.1) is 0 Å². The molecule has 0 aromatic rings. The lowest BCUT2D eigenvalue weighted by Gasteiger charge is -2.45. The summed E-state index contributed by atoms with van der Waals surface area (Å²) in [6, 6.07) is 0. The van der Waals surface area contributed by atoms with E-state index in [1.54, 1.807) is 0 Å². The molecule has 2 rings (SSSR count). The Labute approximate surface area is 85.4 Å². The third kappa shape index (κ3) is 2.67. The number of hydrogen-bond acceptors (Lipinski definition) is 4. The minimum atomic E-state index is -0.426. The predicted molar refractivity (Wildman–Crippen MR) is 54.3 cm³/mol. The van der Waals surface area contributed by atoms with Crippen molar-refractivity contribution in [3.63, 3.8) is 0 Å². The lowest BCUT2D eigenvalue weighted by molar-refractivity contribution is -0.0870. The topological polar surface area (TPSA) is 35.9 Å². The summed E-state index contributed by atoms with van der Waals surface area (Å²) in [5.74, 6) is 0. The second-order valence-electron chi connectivity index (χ2n) is 4.66. The molecule has 14 heavy (non-hydrogen) atoms. The van der Waals surface area contributed by atoms with Crippen LogP contribution in [0.15, 0.2) is 0 Å². The molecule has 1 N–H and O–H groups in total. The summed E-state index contributed by atoms with van der Waals surface area (Å²) in [4.78, 5) is 4.73. The molecule has 0 bridgehead atoms. The fourth-order valence-electron chi connectivity index (χ4n) is 2.18. The van der Waals surface area contributed by atoms with Gasteiger partial charge in [0.05, 0.1) is 18.8 Å². The number of morpholine rings is 1. The van der Waals surface area contributed by atoms with Gasteiger partial charge >= 0.3 is 0 Å². The van der Waals surface area contributed by atoms with Crippen LogP contribution in [0.5, 0.6) is 0 Å². The van der Waals surface area contributed by atoms with Gasteiger partial charge in [0.2, 0.25) is 0 Å². The molecule has 0 aromatic heterocycles. The van der Waals surface area contributed by atoms with E-state index in [2.05, 4.69) is 9.80 Å². The second kappa shape index (κ2) is 4.14. The first-order valence-electron chi connectivity index (χ1n) is 5.41. The van der Waals surface area contributed by atoms with Gasteiger partial charge in [0.15, 0.2) is 0 Å². The first kappa shape index (κ1) is 10.4. The molecule has 2 aliphatic heterocycles. The van der Waals surface area contributed by atoms with Crippen molar-refractivity contribution in [2.45, 2.75) is 12.5 Å². The van der Waals surface area contributed by atoms with Gasteiger partial charge in [-0.15, -0.1) is 0 Å². The van der Waals surface area contributed by atoms with Crippen molar-refractivity contribution < 1.29 is 9.84 Å². The van der Waals surface area contributed by atoms with Gasteiger partial charge in [0.1, 0.15) is 0 Å². The average molecular weight is 200 g/mol. The Hall–Kier alpha value is -0.160. The molecule has 0 radical (unpaired) electrons. The summed E-state index contributed by atoms with van der Waals surface area (Å²) in [7, 11) is 0. The highest BCUT2D eigenvalue weighted by Gasteiger charge is 2.35. The van der Waals surface area contributed by atoms with E-state index >= 15 is 0 Å². The minimum Gasteiger partial charge on any atom is -0.388 e. The number of ether oxygens (including phenoxy) is 1. The number of likely N-dealkylation sites (tertiary alicyclic amines) is 1. The van der Waals surface area contributed by atoms with Crippen LogP contribution in [0.2, 0.25) is 0 Å². The van der Waals surface area contributed by atoms with Gasteiger partial charge in [-0.1, -0.05) is 0 Å². The van der Waals surface area contributed by atoms with Crippen molar-refractivity contribution in [2.24, 2.45) is 0 Å². The van der Waals surface area contributed by atoms with Crippen molar-refractivity contribution in [3.8, 4) is 0 Å². The van der Waals surface area contributed by atoms with Gasteiger partial charge < -0.3 is 9.84 Å². The zero-order chi connectivity index (χ0) is 10.0. The van der Waals surface area contributed by atoms with Crippen LogP contribution in [0.25, 0.3) is 0 Å². The van der Waals surface area contributed by atoms with E-state index in [1.807, 2.05) is 6.92 Å². The highest BCUT2D eigenvalue weighted by molar-refractivity contribution is 4.91. The molecule has 0 unspecified atom stereocenters. The number of rotatable bonds is 3. The van der Waals surface area contributed by atoms with Gasteiger partial charge in [-0.3, -0.25) is 9.80 Å². The molecule has 0 saturated carbocycles. The van der Waals surface area contributed by atoms with E-state index in [0.29, 0.717) is 0 Å². The Bertz CT molecular complexity index is 183. The van der Waals surface area contributed by atoms with Gasteiger partial charge in [-0.05, 0) is 6.92 Å².